The van der Waals surface area contributed by atoms with Gasteiger partial charge in [0.2, 0.25) is 10.0 Å². The number of benzene rings is 1. The van der Waals surface area contributed by atoms with Gasteiger partial charge in [0.05, 0.1) is 42.5 Å². The molecule has 1 aliphatic carbocycles. The molecule has 1 aromatic rings. The molecule has 1 aromatic carbocycles. The predicted octanol–water partition coefficient (Wildman–Crippen LogP) is 1.06. The largest absolute Gasteiger partial charge is 0.333 e. The molecule has 2 aliphatic rings. The molecule has 1 saturated heterocycles. The molecule has 0 amide bonds. The van der Waals surface area contributed by atoms with Gasteiger partial charge >= 0.3 is 0 Å². The highest BCUT2D eigenvalue weighted by Gasteiger charge is 2.31. The van der Waals surface area contributed by atoms with Crippen LogP contribution in [-0.4, -0.2) is 50.4 Å². The van der Waals surface area contributed by atoms with Crippen molar-refractivity contribution in [1.29, 1.82) is 0 Å². The second-order valence-corrected chi connectivity index (χ2v) is 9.05. The zero-order chi connectivity index (χ0) is 17.9. The van der Waals surface area contributed by atoms with Crippen molar-refractivity contribution >= 4 is 15.7 Å². The third-order valence-electron chi connectivity index (χ3n) is 5.42. The van der Waals surface area contributed by atoms with Crippen LogP contribution in [0.15, 0.2) is 29.2 Å². The van der Waals surface area contributed by atoms with Gasteiger partial charge in [0.15, 0.2) is 0 Å². The number of rotatable bonds is 5. The SMILES string of the molecule is O=[N+]([O-])c1ccc(S(=O)(=O)N2CC[NH+](CC3CCCCC3)CC2)cc1. The monoisotopic (exact) mass is 368 g/mol. The van der Waals surface area contributed by atoms with Gasteiger partial charge in [-0.05, 0) is 25.0 Å². The van der Waals surface area contributed by atoms with Gasteiger partial charge in [-0.3, -0.25) is 10.1 Å². The minimum Gasteiger partial charge on any atom is -0.333 e. The molecule has 1 saturated carbocycles. The van der Waals surface area contributed by atoms with E-state index < -0.39 is 14.9 Å². The van der Waals surface area contributed by atoms with Crippen LogP contribution >= 0.6 is 0 Å². The molecule has 1 heterocycles. The van der Waals surface area contributed by atoms with Crippen molar-refractivity contribution < 1.29 is 18.2 Å². The van der Waals surface area contributed by atoms with Gasteiger partial charge in [-0.15, -0.1) is 0 Å². The maximum absolute atomic E-state index is 12.7. The first kappa shape index (κ1) is 18.3. The Balaban J connectivity index is 1.58. The van der Waals surface area contributed by atoms with E-state index in [-0.39, 0.29) is 10.6 Å². The highest BCUT2D eigenvalue weighted by atomic mass is 32.2. The summed E-state index contributed by atoms with van der Waals surface area (Å²) in [4.78, 5) is 11.8. The van der Waals surface area contributed by atoms with Gasteiger partial charge in [-0.1, -0.05) is 19.3 Å². The molecule has 1 N–H and O–H groups in total. The highest BCUT2D eigenvalue weighted by Crippen LogP contribution is 2.22. The van der Waals surface area contributed by atoms with Gasteiger partial charge in [0.1, 0.15) is 0 Å². The van der Waals surface area contributed by atoms with E-state index in [4.69, 9.17) is 0 Å². The van der Waals surface area contributed by atoms with Crippen molar-refractivity contribution in [3.8, 4) is 0 Å². The summed E-state index contributed by atoms with van der Waals surface area (Å²) < 4.78 is 26.9. The third kappa shape index (κ3) is 4.37. The molecule has 7 nitrogen and oxygen atoms in total. The molecule has 0 unspecified atom stereocenters. The quantitative estimate of drug-likeness (QED) is 0.622. The molecule has 0 spiro atoms. The summed E-state index contributed by atoms with van der Waals surface area (Å²) in [5, 5.41) is 10.7. The van der Waals surface area contributed by atoms with E-state index in [1.54, 1.807) is 0 Å². The maximum Gasteiger partial charge on any atom is 0.269 e. The van der Waals surface area contributed by atoms with Crippen LogP contribution in [0.4, 0.5) is 5.69 Å². The van der Waals surface area contributed by atoms with Crippen molar-refractivity contribution in [3.05, 3.63) is 34.4 Å². The number of nitro benzene ring substituents is 1. The lowest BCUT2D eigenvalue weighted by Crippen LogP contribution is -3.15. The van der Waals surface area contributed by atoms with Crippen LogP contribution in [0.5, 0.6) is 0 Å². The van der Waals surface area contributed by atoms with Gasteiger partial charge in [-0.25, -0.2) is 8.42 Å². The standard InChI is InChI=1S/C17H25N3O4S/c21-20(22)16-6-8-17(9-7-16)25(23,24)19-12-10-18(11-13-19)14-15-4-2-1-3-5-15/h6-9,15H,1-5,10-14H2/p+1. The average Bonchev–Trinajstić information content (AvgIpc) is 2.63. The number of non-ortho nitro benzene ring substituents is 1. The van der Waals surface area contributed by atoms with E-state index in [9.17, 15) is 18.5 Å². The molecule has 0 radical (unpaired) electrons. The Hall–Kier alpha value is -1.51. The van der Waals surface area contributed by atoms with E-state index in [1.807, 2.05) is 0 Å². The normalized spacial score (nSPS) is 21.3. The van der Waals surface area contributed by atoms with Crippen LogP contribution < -0.4 is 4.90 Å². The molecule has 2 fully saturated rings. The summed E-state index contributed by atoms with van der Waals surface area (Å²) in [5.41, 5.74) is -0.0966. The molecule has 25 heavy (non-hydrogen) atoms. The second-order valence-electron chi connectivity index (χ2n) is 7.11. The zero-order valence-electron chi connectivity index (χ0n) is 14.4. The second kappa shape index (κ2) is 7.80. The number of nitrogens with zero attached hydrogens (tertiary/aromatic N) is 2. The third-order valence-corrected chi connectivity index (χ3v) is 7.33. The molecular formula is C17H26N3O4S+. The van der Waals surface area contributed by atoms with E-state index in [0.29, 0.717) is 13.1 Å². The minimum absolute atomic E-state index is 0.0966. The molecule has 0 atom stereocenters. The van der Waals surface area contributed by atoms with Crippen LogP contribution in [0.25, 0.3) is 0 Å². The van der Waals surface area contributed by atoms with Crippen molar-refractivity contribution in [2.75, 3.05) is 32.7 Å². The summed E-state index contributed by atoms with van der Waals surface area (Å²) in [5.74, 6) is 0.793. The molecule has 138 valence electrons. The number of sulfonamides is 1. The lowest BCUT2D eigenvalue weighted by molar-refractivity contribution is -0.907. The van der Waals surface area contributed by atoms with Crippen molar-refractivity contribution in [1.82, 2.24) is 4.31 Å². The maximum atomic E-state index is 12.7. The van der Waals surface area contributed by atoms with Gasteiger partial charge in [-0.2, -0.15) is 4.31 Å². The highest BCUT2D eigenvalue weighted by molar-refractivity contribution is 7.89. The van der Waals surface area contributed by atoms with Crippen molar-refractivity contribution in [2.24, 2.45) is 5.92 Å². The first-order valence-electron chi connectivity index (χ1n) is 9.05. The summed E-state index contributed by atoms with van der Waals surface area (Å²) in [7, 11) is -3.56. The summed E-state index contributed by atoms with van der Waals surface area (Å²) in [6.45, 7) is 3.86. The van der Waals surface area contributed by atoms with Crippen LogP contribution in [-0.2, 0) is 10.0 Å². The predicted molar refractivity (Wildman–Crippen MR) is 94.0 cm³/mol. The number of piperazine rings is 1. The first-order chi connectivity index (χ1) is 12.0. The van der Waals surface area contributed by atoms with E-state index in [1.165, 1.54) is 65.6 Å². The number of hydrogen-bond donors (Lipinski definition) is 1. The lowest BCUT2D eigenvalue weighted by Gasteiger charge is -2.34. The first-order valence-corrected chi connectivity index (χ1v) is 10.5. The Morgan fingerprint density at radius 1 is 1.08 bits per heavy atom. The van der Waals surface area contributed by atoms with Crippen LogP contribution in [0.2, 0.25) is 0 Å². The minimum atomic E-state index is -3.56. The number of nitro groups is 1. The van der Waals surface area contributed by atoms with E-state index >= 15 is 0 Å². The Morgan fingerprint density at radius 2 is 1.68 bits per heavy atom. The van der Waals surface area contributed by atoms with Crippen molar-refractivity contribution in [3.63, 3.8) is 0 Å². The summed E-state index contributed by atoms with van der Waals surface area (Å²) in [6.07, 6.45) is 6.65. The Bertz CT molecular complexity index is 691. The number of nitrogens with one attached hydrogen (secondary N) is 1. The topological polar surface area (TPSA) is 85.0 Å². The van der Waals surface area contributed by atoms with E-state index in [2.05, 4.69) is 0 Å². The fourth-order valence-electron chi connectivity index (χ4n) is 3.94. The molecule has 3 rings (SSSR count). The molecule has 0 bridgehead atoms. The fraction of sp³-hybridized carbons (Fsp3) is 0.647. The molecule has 1 aliphatic heterocycles. The zero-order valence-corrected chi connectivity index (χ0v) is 15.2. The smallest absolute Gasteiger partial charge is 0.269 e. The van der Waals surface area contributed by atoms with E-state index in [0.717, 1.165) is 25.6 Å². The summed E-state index contributed by atoms with van der Waals surface area (Å²) in [6, 6.07) is 5.15. The van der Waals surface area contributed by atoms with Crippen LogP contribution in [0, 0.1) is 16.0 Å². The Morgan fingerprint density at radius 3 is 2.24 bits per heavy atom. The van der Waals surface area contributed by atoms with Crippen molar-refractivity contribution in [2.45, 2.75) is 37.0 Å². The average molecular weight is 368 g/mol. The van der Waals surface area contributed by atoms with Crippen LogP contribution in [0.3, 0.4) is 0 Å². The van der Waals surface area contributed by atoms with Crippen LogP contribution in [0.1, 0.15) is 32.1 Å². The fourth-order valence-corrected chi connectivity index (χ4v) is 5.38. The van der Waals surface area contributed by atoms with Gasteiger partial charge in [0.25, 0.3) is 5.69 Å². The molecule has 0 aromatic heterocycles. The summed E-state index contributed by atoms with van der Waals surface area (Å²) >= 11 is 0. The molecule has 8 heteroatoms. The Kier molecular flexibility index (Phi) is 5.71. The number of quaternary nitrogens is 1. The van der Waals surface area contributed by atoms with Gasteiger partial charge < -0.3 is 4.90 Å². The van der Waals surface area contributed by atoms with Gasteiger partial charge in [0, 0.05) is 18.1 Å². The number of hydrogen-bond acceptors (Lipinski definition) is 4. The lowest BCUT2D eigenvalue weighted by atomic mass is 9.89. The molecular weight excluding hydrogens is 342 g/mol. The Labute approximate surface area is 148 Å².